The van der Waals surface area contributed by atoms with Gasteiger partial charge in [-0.15, -0.1) is 11.8 Å². The predicted molar refractivity (Wildman–Crippen MR) is 127 cm³/mol. The highest BCUT2D eigenvalue weighted by molar-refractivity contribution is 8.06. The van der Waals surface area contributed by atoms with E-state index in [-0.39, 0.29) is 16.7 Å². The molecule has 0 radical (unpaired) electrons. The normalized spacial score (nSPS) is 16.8. The quantitative estimate of drug-likeness (QED) is 0.488. The SMILES string of the molecule is Cc1ccc(S(=O)(=O)N2CC(Sc3ccccc3)C(Sc3ccccc3)=CC2=O)cc1. The molecule has 4 nitrogen and oxygen atoms in total. The highest BCUT2D eigenvalue weighted by atomic mass is 32.2. The topological polar surface area (TPSA) is 54.5 Å². The van der Waals surface area contributed by atoms with Crippen molar-refractivity contribution in [3.05, 3.63) is 101 Å². The number of amides is 1. The van der Waals surface area contributed by atoms with Gasteiger partial charge in [0, 0.05) is 20.8 Å². The van der Waals surface area contributed by atoms with Gasteiger partial charge in [0.25, 0.3) is 15.9 Å². The molecule has 31 heavy (non-hydrogen) atoms. The van der Waals surface area contributed by atoms with Crippen molar-refractivity contribution in [1.29, 1.82) is 0 Å². The van der Waals surface area contributed by atoms with E-state index in [0.29, 0.717) is 0 Å². The van der Waals surface area contributed by atoms with Gasteiger partial charge in [0.1, 0.15) is 0 Å². The molecule has 0 spiro atoms. The molecule has 0 aromatic heterocycles. The fourth-order valence-electron chi connectivity index (χ4n) is 3.15. The predicted octanol–water partition coefficient (Wildman–Crippen LogP) is 5.36. The van der Waals surface area contributed by atoms with Crippen LogP contribution in [0.4, 0.5) is 0 Å². The Balaban J connectivity index is 1.68. The zero-order valence-corrected chi connectivity index (χ0v) is 19.3. The summed E-state index contributed by atoms with van der Waals surface area (Å²) >= 11 is 3.07. The van der Waals surface area contributed by atoms with E-state index >= 15 is 0 Å². The second-order valence-electron chi connectivity index (χ2n) is 7.07. The summed E-state index contributed by atoms with van der Waals surface area (Å²) in [6.45, 7) is 1.98. The molecule has 4 rings (SSSR count). The van der Waals surface area contributed by atoms with E-state index in [4.69, 9.17) is 0 Å². The smallest absolute Gasteiger partial charge is 0.266 e. The minimum Gasteiger partial charge on any atom is -0.269 e. The summed E-state index contributed by atoms with van der Waals surface area (Å²) < 4.78 is 27.5. The molecule has 1 unspecified atom stereocenters. The second-order valence-corrected chi connectivity index (χ2v) is 11.4. The largest absolute Gasteiger partial charge is 0.269 e. The van der Waals surface area contributed by atoms with Crippen LogP contribution in [-0.4, -0.2) is 30.4 Å². The molecule has 0 saturated heterocycles. The van der Waals surface area contributed by atoms with Crippen LogP contribution in [0.3, 0.4) is 0 Å². The molecule has 158 valence electrons. The number of hydrogen-bond acceptors (Lipinski definition) is 5. The number of sulfonamides is 1. The number of benzene rings is 3. The van der Waals surface area contributed by atoms with Gasteiger partial charge in [0.15, 0.2) is 0 Å². The molecule has 0 saturated carbocycles. The Labute approximate surface area is 191 Å². The Kier molecular flexibility index (Phi) is 6.55. The second kappa shape index (κ2) is 9.34. The average Bonchev–Trinajstić information content (AvgIpc) is 2.77. The summed E-state index contributed by atoms with van der Waals surface area (Å²) in [4.78, 5) is 15.9. The van der Waals surface area contributed by atoms with Crippen LogP contribution in [0.1, 0.15) is 5.56 Å². The lowest BCUT2D eigenvalue weighted by Gasteiger charge is -2.31. The number of carbonyl (C=O) groups excluding carboxylic acids is 1. The van der Waals surface area contributed by atoms with Gasteiger partial charge in [-0.3, -0.25) is 4.79 Å². The zero-order valence-electron chi connectivity index (χ0n) is 16.8. The summed E-state index contributed by atoms with van der Waals surface area (Å²) in [5.41, 5.74) is 0.961. The van der Waals surface area contributed by atoms with E-state index in [1.54, 1.807) is 36.0 Å². The van der Waals surface area contributed by atoms with Crippen LogP contribution in [0, 0.1) is 6.92 Å². The number of rotatable bonds is 6. The van der Waals surface area contributed by atoms with E-state index < -0.39 is 15.9 Å². The summed E-state index contributed by atoms with van der Waals surface area (Å²) in [5, 5.41) is -0.203. The van der Waals surface area contributed by atoms with Crippen LogP contribution >= 0.6 is 23.5 Å². The minimum atomic E-state index is -3.93. The van der Waals surface area contributed by atoms with Gasteiger partial charge in [-0.1, -0.05) is 65.9 Å². The molecule has 1 heterocycles. The van der Waals surface area contributed by atoms with Crippen LogP contribution in [0.5, 0.6) is 0 Å². The van der Waals surface area contributed by atoms with E-state index in [1.807, 2.05) is 67.6 Å². The number of thioether (sulfide) groups is 2. The van der Waals surface area contributed by atoms with Crippen molar-refractivity contribution in [1.82, 2.24) is 4.31 Å². The molecular weight excluding hydrogens is 446 g/mol. The summed E-state index contributed by atoms with van der Waals surface area (Å²) in [5.74, 6) is -0.510. The first-order valence-electron chi connectivity index (χ1n) is 9.73. The highest BCUT2D eigenvalue weighted by Crippen LogP contribution is 2.40. The number of carbonyl (C=O) groups is 1. The van der Waals surface area contributed by atoms with Crippen LogP contribution in [0.2, 0.25) is 0 Å². The monoisotopic (exact) mass is 467 g/mol. The molecule has 1 amide bonds. The molecule has 0 fully saturated rings. The highest BCUT2D eigenvalue weighted by Gasteiger charge is 2.36. The van der Waals surface area contributed by atoms with Gasteiger partial charge in [0.05, 0.1) is 16.7 Å². The number of nitrogens with zero attached hydrogens (tertiary/aromatic N) is 1. The maximum absolute atomic E-state index is 13.2. The van der Waals surface area contributed by atoms with E-state index in [0.717, 1.165) is 24.6 Å². The van der Waals surface area contributed by atoms with Crippen molar-refractivity contribution in [2.75, 3.05) is 6.54 Å². The Morgan fingerprint density at radius 3 is 2.03 bits per heavy atom. The summed E-state index contributed by atoms with van der Waals surface area (Å²) in [6.07, 6.45) is 1.47. The Hall–Kier alpha value is -2.48. The maximum atomic E-state index is 13.2. The summed E-state index contributed by atoms with van der Waals surface area (Å²) in [7, 11) is -3.93. The molecule has 0 aliphatic carbocycles. The molecule has 7 heteroatoms. The number of hydrogen-bond donors (Lipinski definition) is 0. The first-order valence-corrected chi connectivity index (χ1v) is 12.9. The van der Waals surface area contributed by atoms with Crippen molar-refractivity contribution >= 4 is 39.5 Å². The van der Waals surface area contributed by atoms with Gasteiger partial charge in [-0.25, -0.2) is 12.7 Å². The van der Waals surface area contributed by atoms with Crippen molar-refractivity contribution in [3.8, 4) is 0 Å². The van der Waals surface area contributed by atoms with E-state index in [2.05, 4.69) is 0 Å². The average molecular weight is 468 g/mol. The fourth-order valence-corrected chi connectivity index (χ4v) is 6.88. The third-order valence-electron chi connectivity index (χ3n) is 4.77. The van der Waals surface area contributed by atoms with Crippen LogP contribution < -0.4 is 0 Å². The molecular formula is C24H21NO3S3. The molecule has 3 aromatic rings. The standard InChI is InChI=1S/C24H21NO3S3/c1-18-12-14-21(15-13-18)31(27,28)25-17-23(30-20-10-6-3-7-11-20)22(16-24(25)26)29-19-8-4-2-5-9-19/h2-16,23H,17H2,1H3. The lowest BCUT2D eigenvalue weighted by molar-refractivity contribution is -0.121. The van der Waals surface area contributed by atoms with Gasteiger partial charge in [0.2, 0.25) is 0 Å². The molecule has 0 N–H and O–H groups in total. The third kappa shape index (κ3) is 5.06. The number of aryl methyl sites for hydroxylation is 1. The van der Waals surface area contributed by atoms with Crippen molar-refractivity contribution < 1.29 is 13.2 Å². The van der Waals surface area contributed by atoms with Crippen molar-refractivity contribution in [2.24, 2.45) is 0 Å². The Morgan fingerprint density at radius 2 is 1.42 bits per heavy atom. The lowest BCUT2D eigenvalue weighted by atomic mass is 10.2. The Bertz CT molecular complexity index is 1190. The van der Waals surface area contributed by atoms with E-state index in [1.165, 1.54) is 17.8 Å². The molecule has 1 aliphatic rings. The zero-order chi connectivity index (χ0) is 21.8. The molecule has 3 aromatic carbocycles. The van der Waals surface area contributed by atoms with Gasteiger partial charge in [-0.2, -0.15) is 0 Å². The van der Waals surface area contributed by atoms with Crippen molar-refractivity contribution in [3.63, 3.8) is 0 Å². The van der Waals surface area contributed by atoms with Gasteiger partial charge < -0.3 is 0 Å². The Morgan fingerprint density at radius 1 is 0.839 bits per heavy atom. The molecule has 0 bridgehead atoms. The van der Waals surface area contributed by atoms with E-state index in [9.17, 15) is 13.2 Å². The lowest BCUT2D eigenvalue weighted by Crippen LogP contribution is -2.43. The van der Waals surface area contributed by atoms with Crippen LogP contribution in [0.25, 0.3) is 0 Å². The fraction of sp³-hybridized carbons (Fsp3) is 0.125. The maximum Gasteiger partial charge on any atom is 0.266 e. The van der Waals surface area contributed by atoms with Crippen LogP contribution in [0.15, 0.2) is 111 Å². The molecule has 1 aliphatic heterocycles. The summed E-state index contributed by atoms with van der Waals surface area (Å²) in [6, 6.07) is 26.2. The first kappa shape index (κ1) is 21.7. The molecule has 1 atom stereocenters. The van der Waals surface area contributed by atoms with Crippen LogP contribution in [-0.2, 0) is 14.8 Å². The van der Waals surface area contributed by atoms with Gasteiger partial charge in [-0.05, 0) is 43.3 Å². The third-order valence-corrected chi connectivity index (χ3v) is 9.07. The van der Waals surface area contributed by atoms with Crippen molar-refractivity contribution in [2.45, 2.75) is 26.9 Å². The first-order chi connectivity index (χ1) is 14.9. The van der Waals surface area contributed by atoms with Gasteiger partial charge >= 0.3 is 0 Å². The minimum absolute atomic E-state index is 0.0836.